The van der Waals surface area contributed by atoms with E-state index in [0.717, 1.165) is 0 Å². The minimum absolute atomic E-state index is 0.0221. The van der Waals surface area contributed by atoms with E-state index >= 15 is 0 Å². The van der Waals surface area contributed by atoms with Crippen LogP contribution in [-0.2, 0) is 19.1 Å². The van der Waals surface area contributed by atoms with Gasteiger partial charge in [-0.1, -0.05) is 30.3 Å². The molecule has 0 radical (unpaired) electrons. The summed E-state index contributed by atoms with van der Waals surface area (Å²) in [5.74, 6) is -1.21. The molecule has 0 saturated carbocycles. The first-order chi connectivity index (χ1) is 16.4. The average molecular weight is 486 g/mol. The number of hydrogen-bond acceptors (Lipinski definition) is 6. The first-order valence-corrected chi connectivity index (χ1v) is 11.0. The molecule has 1 heterocycles. The van der Waals surface area contributed by atoms with Gasteiger partial charge in [-0.3, -0.25) is 19.7 Å². The lowest BCUT2D eigenvalue weighted by Crippen LogP contribution is -2.60. The number of carbonyl (C=O) groups excluding carboxylic acids is 3. The lowest BCUT2D eigenvalue weighted by atomic mass is 10.1. The van der Waals surface area contributed by atoms with E-state index in [0.29, 0.717) is 24.4 Å². The summed E-state index contributed by atoms with van der Waals surface area (Å²) in [5.41, 5.74) is 0.636. The van der Waals surface area contributed by atoms with Crippen molar-refractivity contribution in [2.75, 3.05) is 26.3 Å². The minimum Gasteiger partial charge on any atom is -0.490 e. The smallest absolute Gasteiger partial charge is 0.308 e. The molecule has 1 aliphatic rings. The van der Waals surface area contributed by atoms with Crippen molar-refractivity contribution < 1.29 is 28.2 Å². The number of carbonyl (C=O) groups is 3. The van der Waals surface area contributed by atoms with E-state index in [1.807, 2.05) is 18.2 Å². The summed E-state index contributed by atoms with van der Waals surface area (Å²) in [5, 5.41) is 5.24. The monoisotopic (exact) mass is 485 g/mol. The number of nitrogens with one attached hydrogen (secondary N) is 2. The van der Waals surface area contributed by atoms with E-state index in [-0.39, 0.29) is 36.5 Å². The molecule has 1 fully saturated rings. The highest BCUT2D eigenvalue weighted by molar-refractivity contribution is 7.80. The molecule has 2 N–H and O–H groups in total. The Morgan fingerprint density at radius 1 is 1.15 bits per heavy atom. The van der Waals surface area contributed by atoms with Crippen molar-refractivity contribution in [3.63, 3.8) is 0 Å². The van der Waals surface area contributed by atoms with Gasteiger partial charge in [0.15, 0.2) is 5.11 Å². The molecule has 10 heteroatoms. The Labute approximate surface area is 201 Å². The number of hydrogen-bond donors (Lipinski definition) is 2. The van der Waals surface area contributed by atoms with Gasteiger partial charge < -0.3 is 19.7 Å². The second-order valence-corrected chi connectivity index (χ2v) is 7.65. The molecule has 34 heavy (non-hydrogen) atoms. The molecule has 1 unspecified atom stereocenters. The maximum Gasteiger partial charge on any atom is 0.308 e. The fourth-order valence-corrected chi connectivity index (χ4v) is 3.49. The Morgan fingerprint density at radius 3 is 2.62 bits per heavy atom. The van der Waals surface area contributed by atoms with Crippen LogP contribution in [0.2, 0.25) is 0 Å². The topological polar surface area (TPSA) is 97.0 Å². The highest BCUT2D eigenvalue weighted by Gasteiger charge is 2.34. The molecular weight excluding hydrogens is 461 g/mol. The van der Waals surface area contributed by atoms with Crippen molar-refractivity contribution in [2.24, 2.45) is 0 Å². The van der Waals surface area contributed by atoms with Crippen LogP contribution < -0.4 is 15.4 Å². The van der Waals surface area contributed by atoms with Crippen LogP contribution in [0.25, 0.3) is 6.08 Å². The molecule has 1 atom stereocenters. The number of para-hydroxylation sites is 1. The standard InChI is InChI=1S/C24H24FN3O5S/c25-18-9-6-17(7-10-18)8-11-21(29)27-24(34)28-13-12-26-23(31)20(28)16-22(30)33-15-14-32-19-4-2-1-3-5-19/h1-11,20H,12-16H2,(H,26,31)(H,27,29,34). The first kappa shape index (κ1) is 24.8. The zero-order chi connectivity index (χ0) is 24.3. The van der Waals surface area contributed by atoms with E-state index in [4.69, 9.17) is 21.7 Å². The maximum absolute atomic E-state index is 13.0. The van der Waals surface area contributed by atoms with Gasteiger partial charge in [0.05, 0.1) is 6.42 Å². The average Bonchev–Trinajstić information content (AvgIpc) is 2.83. The fourth-order valence-electron chi connectivity index (χ4n) is 3.17. The summed E-state index contributed by atoms with van der Waals surface area (Å²) in [6.07, 6.45) is 2.52. The largest absolute Gasteiger partial charge is 0.490 e. The SMILES string of the molecule is O=C(C=Cc1ccc(F)cc1)NC(=S)N1CCNC(=O)C1CC(=O)OCCOc1ccccc1. The van der Waals surface area contributed by atoms with Gasteiger partial charge in [0.25, 0.3) is 0 Å². The zero-order valence-corrected chi connectivity index (χ0v) is 19.1. The van der Waals surface area contributed by atoms with Gasteiger partial charge in [-0.25, -0.2) is 4.39 Å². The number of ether oxygens (including phenoxy) is 2. The number of piperazine rings is 1. The van der Waals surface area contributed by atoms with Crippen molar-refractivity contribution in [3.05, 3.63) is 72.1 Å². The molecule has 8 nitrogen and oxygen atoms in total. The van der Waals surface area contributed by atoms with Crippen LogP contribution >= 0.6 is 12.2 Å². The zero-order valence-electron chi connectivity index (χ0n) is 18.2. The summed E-state index contributed by atoms with van der Waals surface area (Å²) in [4.78, 5) is 38.4. The highest BCUT2D eigenvalue weighted by Crippen LogP contribution is 2.12. The molecule has 2 aromatic carbocycles. The van der Waals surface area contributed by atoms with Gasteiger partial charge in [0, 0.05) is 19.2 Å². The van der Waals surface area contributed by atoms with E-state index < -0.39 is 17.9 Å². The second-order valence-electron chi connectivity index (χ2n) is 7.27. The normalized spacial score (nSPS) is 15.5. The van der Waals surface area contributed by atoms with Gasteiger partial charge in [-0.2, -0.15) is 0 Å². The highest BCUT2D eigenvalue weighted by atomic mass is 32.1. The first-order valence-electron chi connectivity index (χ1n) is 10.6. The van der Waals surface area contributed by atoms with Crippen LogP contribution in [0.15, 0.2) is 60.7 Å². The number of amides is 2. The van der Waals surface area contributed by atoms with Gasteiger partial charge in [-0.05, 0) is 48.1 Å². The molecule has 178 valence electrons. The maximum atomic E-state index is 13.0. The lowest BCUT2D eigenvalue weighted by molar-refractivity contribution is -0.148. The third-order valence-electron chi connectivity index (χ3n) is 4.84. The van der Waals surface area contributed by atoms with E-state index in [1.165, 1.54) is 41.3 Å². The molecule has 0 bridgehead atoms. The Bertz CT molecular complexity index is 1050. The molecule has 2 aromatic rings. The number of benzene rings is 2. The van der Waals surface area contributed by atoms with E-state index in [9.17, 15) is 18.8 Å². The Balaban J connectivity index is 1.49. The van der Waals surface area contributed by atoms with Crippen LogP contribution in [-0.4, -0.2) is 60.1 Å². The Morgan fingerprint density at radius 2 is 1.88 bits per heavy atom. The molecule has 3 rings (SSSR count). The quantitative estimate of drug-likeness (QED) is 0.256. The van der Waals surface area contributed by atoms with Crippen LogP contribution in [0.5, 0.6) is 5.75 Å². The molecule has 1 aliphatic heterocycles. The van der Waals surface area contributed by atoms with Crippen molar-refractivity contribution >= 4 is 41.2 Å². The van der Waals surface area contributed by atoms with Crippen LogP contribution in [0.1, 0.15) is 12.0 Å². The predicted octanol–water partition coefficient (Wildman–Crippen LogP) is 2.05. The van der Waals surface area contributed by atoms with Crippen LogP contribution in [0.4, 0.5) is 4.39 Å². The summed E-state index contributed by atoms with van der Waals surface area (Å²) < 4.78 is 23.6. The molecular formula is C24H24FN3O5S. The minimum atomic E-state index is -0.912. The number of nitrogens with zero attached hydrogens (tertiary/aromatic N) is 1. The lowest BCUT2D eigenvalue weighted by Gasteiger charge is -2.36. The van der Waals surface area contributed by atoms with E-state index in [2.05, 4.69) is 10.6 Å². The summed E-state index contributed by atoms with van der Waals surface area (Å²) >= 11 is 5.30. The van der Waals surface area contributed by atoms with Crippen LogP contribution in [0, 0.1) is 5.82 Å². The molecule has 0 aliphatic carbocycles. The summed E-state index contributed by atoms with van der Waals surface area (Å²) in [6.45, 7) is 0.834. The van der Waals surface area contributed by atoms with Crippen molar-refractivity contribution in [3.8, 4) is 5.75 Å². The Kier molecular flexibility index (Phi) is 9.10. The second kappa shape index (κ2) is 12.4. The Hall–Kier alpha value is -3.79. The van der Waals surface area contributed by atoms with Gasteiger partial charge in [0.2, 0.25) is 11.8 Å². The van der Waals surface area contributed by atoms with Crippen LogP contribution in [0.3, 0.4) is 0 Å². The number of halogens is 1. The van der Waals surface area contributed by atoms with Crippen molar-refractivity contribution in [2.45, 2.75) is 12.5 Å². The third kappa shape index (κ3) is 7.66. The number of esters is 1. The number of rotatable bonds is 8. The predicted molar refractivity (Wildman–Crippen MR) is 127 cm³/mol. The molecule has 2 amide bonds. The van der Waals surface area contributed by atoms with Gasteiger partial charge >= 0.3 is 5.97 Å². The van der Waals surface area contributed by atoms with Gasteiger partial charge in [-0.15, -0.1) is 0 Å². The number of thiocarbonyl (C=S) groups is 1. The fraction of sp³-hybridized carbons (Fsp3) is 0.250. The van der Waals surface area contributed by atoms with Crippen molar-refractivity contribution in [1.82, 2.24) is 15.5 Å². The molecule has 1 saturated heterocycles. The third-order valence-corrected chi connectivity index (χ3v) is 5.17. The van der Waals surface area contributed by atoms with Crippen molar-refractivity contribution in [1.29, 1.82) is 0 Å². The van der Waals surface area contributed by atoms with E-state index in [1.54, 1.807) is 12.1 Å². The summed E-state index contributed by atoms with van der Waals surface area (Å²) in [6, 6.07) is 13.8. The van der Waals surface area contributed by atoms with Gasteiger partial charge in [0.1, 0.15) is 30.8 Å². The summed E-state index contributed by atoms with van der Waals surface area (Å²) in [7, 11) is 0. The molecule has 0 spiro atoms. The molecule has 0 aromatic heterocycles.